The van der Waals surface area contributed by atoms with Gasteiger partial charge in [0.15, 0.2) is 11.7 Å². The third-order valence-electron chi connectivity index (χ3n) is 5.21. The van der Waals surface area contributed by atoms with Gasteiger partial charge in [0.1, 0.15) is 5.69 Å². The first-order chi connectivity index (χ1) is 14.7. The number of nitriles is 1. The van der Waals surface area contributed by atoms with Gasteiger partial charge in [-0.3, -0.25) is 4.79 Å². The van der Waals surface area contributed by atoms with E-state index in [1.54, 1.807) is 0 Å². The lowest BCUT2D eigenvalue weighted by Crippen LogP contribution is -2.39. The second-order valence-corrected chi connectivity index (χ2v) is 7.22. The number of ether oxygens (including phenoxy) is 1. The van der Waals surface area contributed by atoms with Crippen molar-refractivity contribution in [3.05, 3.63) is 65.9 Å². The maximum atomic E-state index is 13.1. The molecule has 0 bridgehead atoms. The largest absolute Gasteiger partial charge is 0.378 e. The van der Waals surface area contributed by atoms with E-state index in [2.05, 4.69) is 11.4 Å². The minimum atomic E-state index is -1.06. The number of para-hydroxylation sites is 2. The second-order valence-electron chi connectivity index (χ2n) is 7.22. The zero-order valence-electron chi connectivity index (χ0n) is 16.8. The quantitative estimate of drug-likeness (QED) is 0.707. The van der Waals surface area contributed by atoms with E-state index in [9.17, 15) is 10.1 Å². The molecule has 1 N–H and O–H groups in total. The van der Waals surface area contributed by atoms with Crippen molar-refractivity contribution in [1.82, 2.24) is 15.3 Å². The van der Waals surface area contributed by atoms with Crippen molar-refractivity contribution in [3.8, 4) is 6.07 Å². The van der Waals surface area contributed by atoms with Gasteiger partial charge in [0.2, 0.25) is 5.91 Å². The number of aromatic nitrogens is 2. The fraction of sp³-hybridized carbons (Fsp3) is 0.304. The van der Waals surface area contributed by atoms with Crippen LogP contribution in [-0.4, -0.2) is 42.2 Å². The van der Waals surface area contributed by atoms with Crippen LogP contribution < -0.4 is 10.2 Å². The molecular formula is C23H23N5O2. The number of fused-ring (bicyclic) bond motifs is 1. The zero-order chi connectivity index (χ0) is 20.9. The number of benzene rings is 2. The molecular weight excluding hydrogens is 378 g/mol. The highest BCUT2D eigenvalue weighted by Gasteiger charge is 2.30. The van der Waals surface area contributed by atoms with Gasteiger partial charge in [0, 0.05) is 13.1 Å². The maximum Gasteiger partial charge on any atom is 0.244 e. The Bertz CT molecular complexity index is 1070. The van der Waals surface area contributed by atoms with Crippen LogP contribution in [-0.2, 0) is 9.53 Å². The fourth-order valence-corrected chi connectivity index (χ4v) is 3.57. The molecule has 1 saturated heterocycles. The fourth-order valence-electron chi connectivity index (χ4n) is 3.57. The number of anilines is 1. The van der Waals surface area contributed by atoms with E-state index in [-0.39, 0.29) is 11.9 Å². The molecule has 1 aromatic heterocycles. The predicted octanol–water partition coefficient (Wildman–Crippen LogP) is 2.95. The van der Waals surface area contributed by atoms with Gasteiger partial charge in [-0.2, -0.15) is 5.26 Å². The summed E-state index contributed by atoms with van der Waals surface area (Å²) in [7, 11) is 0. The summed E-state index contributed by atoms with van der Waals surface area (Å²) in [4.78, 5) is 24.6. The lowest BCUT2D eigenvalue weighted by atomic mass is 10.0. The van der Waals surface area contributed by atoms with Crippen molar-refractivity contribution in [3.63, 3.8) is 0 Å². The number of hydrogen-bond donors (Lipinski definition) is 1. The first-order valence-corrected chi connectivity index (χ1v) is 10.0. The lowest BCUT2D eigenvalue weighted by Gasteiger charge is -2.30. The summed E-state index contributed by atoms with van der Waals surface area (Å²) in [5.74, 6) is -0.870. The molecule has 2 atom stereocenters. The molecule has 0 saturated carbocycles. The van der Waals surface area contributed by atoms with E-state index >= 15 is 0 Å². The molecule has 7 heteroatoms. The van der Waals surface area contributed by atoms with Gasteiger partial charge in [0.05, 0.1) is 36.4 Å². The van der Waals surface area contributed by atoms with Crippen molar-refractivity contribution in [2.24, 2.45) is 0 Å². The van der Waals surface area contributed by atoms with Gasteiger partial charge in [-0.05, 0) is 24.6 Å². The first kappa shape index (κ1) is 19.8. The van der Waals surface area contributed by atoms with Crippen LogP contribution >= 0.6 is 0 Å². The number of nitrogens with one attached hydrogen (secondary N) is 1. The lowest BCUT2D eigenvalue weighted by molar-refractivity contribution is -0.122. The van der Waals surface area contributed by atoms with Gasteiger partial charge in [-0.15, -0.1) is 0 Å². The van der Waals surface area contributed by atoms with E-state index < -0.39 is 5.92 Å². The third-order valence-corrected chi connectivity index (χ3v) is 5.21. The van der Waals surface area contributed by atoms with Crippen molar-refractivity contribution < 1.29 is 9.53 Å². The standard InChI is InChI=1S/C23H23N5O2/c1-16(17-7-3-2-4-8-17)25-23(29)18(15-24)21-22(28-11-13-30-14-12-28)27-20-10-6-5-9-19(20)26-21/h2-10,16,18H,11-14H2,1H3,(H,25,29)/t16-,18-/m0/s1. The summed E-state index contributed by atoms with van der Waals surface area (Å²) < 4.78 is 5.45. The molecule has 4 rings (SSSR count). The molecule has 3 aromatic rings. The normalized spacial score (nSPS) is 15.9. The average molecular weight is 401 g/mol. The van der Waals surface area contributed by atoms with E-state index in [4.69, 9.17) is 14.7 Å². The molecule has 1 aliphatic heterocycles. The highest BCUT2D eigenvalue weighted by molar-refractivity contribution is 5.89. The summed E-state index contributed by atoms with van der Waals surface area (Å²) in [6.45, 7) is 4.32. The Morgan fingerprint density at radius 2 is 1.70 bits per heavy atom. The summed E-state index contributed by atoms with van der Waals surface area (Å²) in [6, 6.07) is 19.1. The van der Waals surface area contributed by atoms with Crippen LogP contribution in [0.2, 0.25) is 0 Å². The third kappa shape index (κ3) is 4.09. The first-order valence-electron chi connectivity index (χ1n) is 10.0. The minimum Gasteiger partial charge on any atom is -0.378 e. The van der Waals surface area contributed by atoms with Gasteiger partial charge in [-0.1, -0.05) is 42.5 Å². The number of rotatable bonds is 5. The van der Waals surface area contributed by atoms with Gasteiger partial charge in [-0.25, -0.2) is 9.97 Å². The SMILES string of the molecule is C[C@H](NC(=O)[C@@H](C#N)c1nc2ccccc2nc1N1CCOCC1)c1ccccc1. The van der Waals surface area contributed by atoms with Gasteiger partial charge in [0.25, 0.3) is 0 Å². The Labute approximate surface area is 175 Å². The summed E-state index contributed by atoms with van der Waals surface area (Å²) in [6.07, 6.45) is 0. The van der Waals surface area contributed by atoms with Gasteiger partial charge >= 0.3 is 0 Å². The van der Waals surface area contributed by atoms with E-state index in [0.29, 0.717) is 43.3 Å². The summed E-state index contributed by atoms with van der Waals surface area (Å²) in [5, 5.41) is 12.9. The van der Waals surface area contributed by atoms with Crippen LogP contribution in [0.25, 0.3) is 11.0 Å². The second kappa shape index (κ2) is 8.89. The van der Waals surface area contributed by atoms with Crippen LogP contribution in [0.15, 0.2) is 54.6 Å². The number of hydrogen-bond acceptors (Lipinski definition) is 6. The molecule has 1 fully saturated rings. The Morgan fingerprint density at radius 1 is 1.07 bits per heavy atom. The van der Waals surface area contributed by atoms with Crippen molar-refractivity contribution >= 4 is 22.8 Å². The topological polar surface area (TPSA) is 91.1 Å². The van der Waals surface area contributed by atoms with E-state index in [1.807, 2.05) is 66.4 Å². The van der Waals surface area contributed by atoms with Gasteiger partial charge < -0.3 is 15.0 Å². The Morgan fingerprint density at radius 3 is 2.37 bits per heavy atom. The molecule has 152 valence electrons. The number of carbonyl (C=O) groups is 1. The highest BCUT2D eigenvalue weighted by Crippen LogP contribution is 2.28. The predicted molar refractivity (Wildman–Crippen MR) is 114 cm³/mol. The molecule has 1 aliphatic rings. The average Bonchev–Trinajstić information content (AvgIpc) is 2.80. The zero-order valence-corrected chi connectivity index (χ0v) is 16.8. The van der Waals surface area contributed by atoms with Crippen molar-refractivity contribution in [2.75, 3.05) is 31.2 Å². The Kier molecular flexibility index (Phi) is 5.87. The molecule has 2 aromatic carbocycles. The minimum absolute atomic E-state index is 0.227. The number of amides is 1. The van der Waals surface area contributed by atoms with Crippen LogP contribution in [0, 0.1) is 11.3 Å². The summed E-state index contributed by atoms with van der Waals surface area (Å²) >= 11 is 0. The molecule has 2 heterocycles. The molecule has 1 amide bonds. The Hall–Kier alpha value is -3.50. The Balaban J connectivity index is 1.69. The number of morpholine rings is 1. The monoisotopic (exact) mass is 401 g/mol. The van der Waals surface area contributed by atoms with Crippen molar-refractivity contribution in [2.45, 2.75) is 18.9 Å². The van der Waals surface area contributed by atoms with Crippen molar-refractivity contribution in [1.29, 1.82) is 5.26 Å². The molecule has 0 unspecified atom stereocenters. The molecule has 7 nitrogen and oxygen atoms in total. The molecule has 30 heavy (non-hydrogen) atoms. The molecule has 0 aliphatic carbocycles. The molecule has 0 radical (unpaired) electrons. The van der Waals surface area contributed by atoms with E-state index in [1.165, 1.54) is 0 Å². The number of nitrogens with zero attached hydrogens (tertiary/aromatic N) is 4. The van der Waals surface area contributed by atoms with Crippen LogP contribution in [0.5, 0.6) is 0 Å². The smallest absolute Gasteiger partial charge is 0.244 e. The van der Waals surface area contributed by atoms with Crippen LogP contribution in [0.3, 0.4) is 0 Å². The maximum absolute atomic E-state index is 13.1. The highest BCUT2D eigenvalue weighted by atomic mass is 16.5. The van der Waals surface area contributed by atoms with Crippen LogP contribution in [0.1, 0.15) is 30.1 Å². The number of carbonyl (C=O) groups excluding carboxylic acids is 1. The summed E-state index contributed by atoms with van der Waals surface area (Å²) in [5.41, 5.74) is 2.75. The van der Waals surface area contributed by atoms with Crippen LogP contribution in [0.4, 0.5) is 5.82 Å². The van der Waals surface area contributed by atoms with E-state index in [0.717, 1.165) is 11.1 Å². The molecule has 0 spiro atoms.